The van der Waals surface area contributed by atoms with Crippen molar-refractivity contribution < 1.29 is 24.3 Å². The van der Waals surface area contributed by atoms with Gasteiger partial charge >= 0.3 is 5.97 Å². The van der Waals surface area contributed by atoms with Gasteiger partial charge in [-0.15, -0.1) is 0 Å². The number of benzene rings is 1. The van der Waals surface area contributed by atoms with Gasteiger partial charge in [0, 0.05) is 10.8 Å². The first kappa shape index (κ1) is 15.2. The van der Waals surface area contributed by atoms with E-state index in [-0.39, 0.29) is 10.8 Å². The number of hydrogen-bond acceptors (Lipinski definition) is 5. The Morgan fingerprint density at radius 1 is 1.19 bits per heavy atom. The quantitative estimate of drug-likeness (QED) is 0.483. The average molecular weight is 311 g/mol. The van der Waals surface area contributed by atoms with Crippen molar-refractivity contribution in [2.24, 2.45) is 0 Å². The second kappa shape index (κ2) is 5.33. The minimum Gasteiger partial charge on any atom is -0.774 e. The lowest BCUT2D eigenvalue weighted by Gasteiger charge is -2.12. The van der Waals surface area contributed by atoms with E-state index < -0.39 is 42.6 Å². The number of aliphatic carboxylic acids is 1. The van der Waals surface area contributed by atoms with Crippen LogP contribution in [0, 0.1) is 0 Å². The van der Waals surface area contributed by atoms with Crippen molar-refractivity contribution in [3.05, 3.63) is 50.1 Å². The molecule has 0 saturated heterocycles. The molecule has 8 nitrogen and oxygen atoms in total. The van der Waals surface area contributed by atoms with Crippen LogP contribution in [0.1, 0.15) is 0 Å². The molecule has 1 unspecified atom stereocenters. The zero-order valence-electron chi connectivity index (χ0n) is 10.6. The normalized spacial score (nSPS) is 14.0. The van der Waals surface area contributed by atoms with Crippen LogP contribution >= 0.6 is 7.60 Å². The van der Waals surface area contributed by atoms with Crippen molar-refractivity contribution in [2.45, 2.75) is 0 Å². The molecule has 0 radical (unpaired) electrons. The lowest BCUT2D eigenvalue weighted by Crippen LogP contribution is -2.48. The number of rotatable bonds is 4. The Labute approximate surface area is 117 Å². The van der Waals surface area contributed by atoms with Gasteiger partial charge in [0.05, 0.1) is 0 Å². The van der Waals surface area contributed by atoms with Gasteiger partial charge in [-0.1, -0.05) is 24.3 Å². The first-order valence-electron chi connectivity index (χ1n) is 5.75. The van der Waals surface area contributed by atoms with Crippen LogP contribution in [0.3, 0.4) is 0 Å². The fourth-order valence-corrected chi connectivity index (χ4v) is 2.78. The lowest BCUT2D eigenvalue weighted by molar-refractivity contribution is -0.194. The van der Waals surface area contributed by atoms with E-state index in [4.69, 9.17) is 10.00 Å². The summed E-state index contributed by atoms with van der Waals surface area (Å²) in [6, 6.07) is 5.83. The summed E-state index contributed by atoms with van der Waals surface area (Å²) in [7, 11) is -4.89. The van der Waals surface area contributed by atoms with Crippen molar-refractivity contribution in [1.82, 2.24) is 4.58 Å². The van der Waals surface area contributed by atoms with Crippen LogP contribution in [-0.2, 0) is 9.36 Å². The van der Waals surface area contributed by atoms with Crippen molar-refractivity contribution in [3.63, 3.8) is 0 Å². The Morgan fingerprint density at radius 3 is 2.05 bits per heavy atom. The van der Waals surface area contributed by atoms with E-state index in [1.807, 2.05) is 0 Å². The molecule has 9 heteroatoms. The standard InChI is InChI=1S/C12H10NO7P/c14-9(15)5-13(6-21(18,19)20)10-11(16)7-3-1-2-4-8(7)12(10)17/h1-4H,5-6H2,(H2-,14,15,18,19,20). The molecule has 110 valence electrons. The van der Waals surface area contributed by atoms with E-state index in [9.17, 15) is 23.8 Å². The molecule has 21 heavy (non-hydrogen) atoms. The highest BCUT2D eigenvalue weighted by molar-refractivity contribution is 7.50. The van der Waals surface area contributed by atoms with Gasteiger partial charge in [0.1, 0.15) is 0 Å². The second-order valence-corrected chi connectivity index (χ2v) is 5.98. The first-order chi connectivity index (χ1) is 9.70. The number of fused-ring (bicyclic) bond motifs is 1. The summed E-state index contributed by atoms with van der Waals surface area (Å²) in [6.45, 7) is -0.895. The van der Waals surface area contributed by atoms with E-state index in [1.165, 1.54) is 24.3 Å². The third-order valence-corrected chi connectivity index (χ3v) is 3.54. The first-order valence-corrected chi connectivity index (χ1v) is 7.52. The summed E-state index contributed by atoms with van der Waals surface area (Å²) in [5.41, 5.74) is -1.52. The lowest BCUT2D eigenvalue weighted by atomic mass is 10.2. The Morgan fingerprint density at radius 2 is 1.67 bits per heavy atom. The topological polar surface area (TPSA) is 135 Å². The fourth-order valence-electron chi connectivity index (χ4n) is 2.10. The zero-order chi connectivity index (χ0) is 15.8. The average Bonchev–Trinajstić information content (AvgIpc) is 2.59. The predicted octanol–water partition coefficient (Wildman–Crippen LogP) is -2.20. The number of nitrogens with zero attached hydrogens (tertiary/aromatic N) is 1. The molecule has 0 spiro atoms. The van der Waals surface area contributed by atoms with Crippen molar-refractivity contribution in [1.29, 1.82) is 0 Å². The van der Waals surface area contributed by atoms with Gasteiger partial charge < -0.3 is 19.5 Å². The molecule has 2 aromatic carbocycles. The van der Waals surface area contributed by atoms with Gasteiger partial charge in [0.2, 0.25) is 12.8 Å². The van der Waals surface area contributed by atoms with Crippen LogP contribution < -0.4 is 25.7 Å². The summed E-state index contributed by atoms with van der Waals surface area (Å²) in [6.07, 6.45) is -1.12. The van der Waals surface area contributed by atoms with Gasteiger partial charge in [-0.05, 0) is 0 Å². The highest BCUT2D eigenvalue weighted by Crippen LogP contribution is 2.26. The van der Waals surface area contributed by atoms with Gasteiger partial charge in [0.15, 0.2) is 7.60 Å². The third kappa shape index (κ3) is 3.13. The number of hydrogen-bond donors (Lipinski definition) is 2. The molecule has 2 rings (SSSR count). The van der Waals surface area contributed by atoms with Gasteiger partial charge in [-0.3, -0.25) is 9.59 Å². The fraction of sp³-hybridized carbons (Fsp3) is 0.167. The zero-order valence-corrected chi connectivity index (χ0v) is 11.4. The Hall–Kier alpha value is -2.15. The Balaban J connectivity index is 2.91. The van der Waals surface area contributed by atoms with Crippen LogP contribution in [0.15, 0.2) is 33.9 Å². The summed E-state index contributed by atoms with van der Waals surface area (Å²) in [5.74, 6) is -1.44. The largest absolute Gasteiger partial charge is 0.774 e. The van der Waals surface area contributed by atoms with Gasteiger partial charge in [-0.2, -0.15) is 0 Å². The van der Waals surface area contributed by atoms with Gasteiger partial charge in [-0.25, -0.2) is 9.37 Å². The summed E-state index contributed by atoms with van der Waals surface area (Å²) in [5, 5.41) is 8.36. The SMILES string of the molecule is O=C(O)C[N+](CP(=O)([O-])O)=c1c(=O)c2ccccc2c1=O. The molecule has 0 amide bonds. The second-order valence-electron chi connectivity index (χ2n) is 4.42. The molecule has 0 aliphatic heterocycles. The van der Waals surface area contributed by atoms with E-state index in [0.29, 0.717) is 4.58 Å². The summed E-state index contributed by atoms with van der Waals surface area (Å²) >= 11 is 0. The van der Waals surface area contributed by atoms with Crippen molar-refractivity contribution >= 4 is 24.3 Å². The number of carboxylic acids is 1. The molecule has 2 N–H and O–H groups in total. The van der Waals surface area contributed by atoms with E-state index in [2.05, 4.69) is 0 Å². The minimum atomic E-state index is -4.89. The maximum Gasteiger partial charge on any atom is 0.369 e. The van der Waals surface area contributed by atoms with Crippen LogP contribution in [0.2, 0.25) is 0 Å². The third-order valence-electron chi connectivity index (χ3n) is 2.84. The van der Waals surface area contributed by atoms with Crippen LogP contribution in [0.4, 0.5) is 0 Å². The molecule has 0 heterocycles. The molecule has 0 fully saturated rings. The van der Waals surface area contributed by atoms with E-state index in [1.54, 1.807) is 0 Å². The van der Waals surface area contributed by atoms with Crippen LogP contribution in [0.5, 0.6) is 0 Å². The minimum absolute atomic E-state index is 0.0755. The molecule has 0 aliphatic carbocycles. The maximum atomic E-state index is 12.2. The maximum absolute atomic E-state index is 12.2. The summed E-state index contributed by atoms with van der Waals surface area (Å²) < 4.78 is 11.5. The van der Waals surface area contributed by atoms with Crippen LogP contribution in [-0.4, -0.2) is 28.8 Å². The monoisotopic (exact) mass is 311 g/mol. The van der Waals surface area contributed by atoms with E-state index in [0.717, 1.165) is 0 Å². The Bertz CT molecular complexity index is 867. The molecular weight excluding hydrogens is 301 g/mol. The van der Waals surface area contributed by atoms with E-state index >= 15 is 0 Å². The number of carboxylic acid groups (broad SMARTS) is 1. The molecular formula is C12H10NO7P. The van der Waals surface area contributed by atoms with Crippen LogP contribution in [0.25, 0.3) is 10.8 Å². The molecule has 0 aliphatic rings. The predicted molar refractivity (Wildman–Crippen MR) is 71.3 cm³/mol. The summed E-state index contributed by atoms with van der Waals surface area (Å²) in [4.78, 5) is 54.9. The highest BCUT2D eigenvalue weighted by atomic mass is 31.2. The Kier molecular flexibility index (Phi) is 3.87. The molecule has 0 saturated carbocycles. The molecule has 0 bridgehead atoms. The highest BCUT2D eigenvalue weighted by Gasteiger charge is 2.24. The van der Waals surface area contributed by atoms with Crippen molar-refractivity contribution in [3.8, 4) is 0 Å². The molecule has 1 atom stereocenters. The smallest absolute Gasteiger partial charge is 0.369 e. The molecule has 2 aromatic rings. The van der Waals surface area contributed by atoms with Crippen molar-refractivity contribution in [2.75, 3.05) is 12.8 Å². The number of carbonyl (C=O) groups is 1. The molecule has 0 aromatic heterocycles. The van der Waals surface area contributed by atoms with Gasteiger partial charge in [0.25, 0.3) is 16.2 Å².